The zero-order chi connectivity index (χ0) is 35.0. The van der Waals surface area contributed by atoms with Crippen molar-refractivity contribution in [3.8, 4) is 45.3 Å². The lowest BCUT2D eigenvalue weighted by molar-refractivity contribution is 0.518. The topological polar surface area (TPSA) is 108 Å². The largest absolute Gasteiger partial charge is 0.324 e. The summed E-state index contributed by atoms with van der Waals surface area (Å²) in [5.41, 5.74) is 8.52. The molecule has 0 N–H and O–H groups in total. The molecule has 0 amide bonds. The van der Waals surface area contributed by atoms with E-state index in [-0.39, 0.29) is 0 Å². The van der Waals surface area contributed by atoms with Gasteiger partial charge in [0.1, 0.15) is 32.2 Å². The molecule has 258 valence electrons. The Morgan fingerprint density at radius 2 is 1.33 bits per heavy atom. The van der Waals surface area contributed by atoms with Crippen molar-refractivity contribution in [3.05, 3.63) is 106 Å². The number of nitrogens with zero attached hydrogens (tertiary/aromatic N) is 7. The first kappa shape index (κ1) is 32.9. The lowest BCUT2D eigenvalue weighted by Gasteiger charge is -2.17. The number of hydrogen-bond acceptors (Lipinski definition) is 7. The summed E-state index contributed by atoms with van der Waals surface area (Å²) in [5.74, 6) is 3.61. The Morgan fingerprint density at radius 3 is 2.00 bits per heavy atom. The lowest BCUT2D eigenvalue weighted by atomic mass is 10.0. The summed E-state index contributed by atoms with van der Waals surface area (Å²) in [6.45, 7) is 2.00. The number of halogens is 2. The van der Waals surface area contributed by atoms with Gasteiger partial charge in [-0.15, -0.1) is 0 Å². The van der Waals surface area contributed by atoms with Crippen molar-refractivity contribution in [3.63, 3.8) is 0 Å². The van der Waals surface area contributed by atoms with Gasteiger partial charge in [-0.25, -0.2) is 23.4 Å². The molecule has 2 fully saturated rings. The molecule has 12 heteroatoms. The summed E-state index contributed by atoms with van der Waals surface area (Å²) in [6.07, 6.45) is 10.4. The van der Waals surface area contributed by atoms with Crippen molar-refractivity contribution in [2.45, 2.75) is 74.3 Å². The molecule has 0 saturated heterocycles. The molecule has 7 heterocycles. The predicted octanol–water partition coefficient (Wildman–Crippen LogP) is 9.50. The summed E-state index contributed by atoms with van der Waals surface area (Å²) in [4.78, 5) is 24.1. The highest BCUT2D eigenvalue weighted by molar-refractivity contribution is 9.10. The SMILES string of the molecule is Brc1cccc(-c2nc3n(c2Br)C2CCC3C2)n1.Cc1cccc(-c2nc3n(c2-c2ccnc(-c4ccc(S(C)(=O)=O)cc4)c2)C2CCC3C2)n1. The van der Waals surface area contributed by atoms with E-state index in [2.05, 4.69) is 57.0 Å². The third-order valence-electron chi connectivity index (χ3n) is 10.8. The third kappa shape index (κ3) is 5.79. The second-order valence-electron chi connectivity index (χ2n) is 14.1. The van der Waals surface area contributed by atoms with Gasteiger partial charge in [0.15, 0.2) is 9.84 Å². The van der Waals surface area contributed by atoms with E-state index in [1.165, 1.54) is 56.4 Å². The molecule has 2 aliphatic heterocycles. The molecule has 5 aromatic heterocycles. The van der Waals surface area contributed by atoms with Crippen LogP contribution >= 0.6 is 31.9 Å². The first-order chi connectivity index (χ1) is 24.6. The monoisotopic (exact) mass is 823 g/mol. The highest BCUT2D eigenvalue weighted by atomic mass is 79.9. The zero-order valence-corrected chi connectivity index (χ0v) is 32.2. The van der Waals surface area contributed by atoms with Crippen molar-refractivity contribution >= 4 is 41.7 Å². The minimum atomic E-state index is -3.24. The van der Waals surface area contributed by atoms with Crippen LogP contribution in [0.15, 0.2) is 93.1 Å². The fraction of sp³-hybridized carbons (Fsp3) is 0.308. The number of imidazole rings is 2. The molecule has 9 nitrogen and oxygen atoms in total. The van der Waals surface area contributed by atoms with E-state index < -0.39 is 9.84 Å². The van der Waals surface area contributed by atoms with Gasteiger partial charge in [0.25, 0.3) is 0 Å². The first-order valence-electron chi connectivity index (χ1n) is 17.4. The van der Waals surface area contributed by atoms with Gasteiger partial charge in [-0.05, 0) is 126 Å². The van der Waals surface area contributed by atoms with Gasteiger partial charge in [-0.3, -0.25) is 9.97 Å². The predicted molar refractivity (Wildman–Crippen MR) is 204 cm³/mol. The van der Waals surface area contributed by atoms with Gasteiger partial charge in [0, 0.05) is 53.2 Å². The second kappa shape index (κ2) is 12.6. The van der Waals surface area contributed by atoms with Gasteiger partial charge in [0.05, 0.1) is 27.7 Å². The minimum Gasteiger partial charge on any atom is -0.324 e. The van der Waals surface area contributed by atoms with E-state index in [0.29, 0.717) is 28.8 Å². The molecule has 1 aromatic carbocycles. The smallest absolute Gasteiger partial charge is 0.175 e. The molecule has 0 radical (unpaired) electrons. The van der Waals surface area contributed by atoms with Crippen LogP contribution in [-0.2, 0) is 9.84 Å². The Bertz CT molecular complexity index is 2440. The number of fused-ring (bicyclic) bond motifs is 10. The average molecular weight is 826 g/mol. The van der Waals surface area contributed by atoms with Crippen LogP contribution in [-0.4, -0.2) is 48.7 Å². The maximum absolute atomic E-state index is 11.8. The van der Waals surface area contributed by atoms with E-state index in [1.807, 2.05) is 67.7 Å². The zero-order valence-electron chi connectivity index (χ0n) is 28.2. The summed E-state index contributed by atoms with van der Waals surface area (Å²) in [7, 11) is -3.24. The number of pyridine rings is 3. The van der Waals surface area contributed by atoms with Crippen LogP contribution in [0, 0.1) is 6.92 Å². The van der Waals surface area contributed by atoms with Crippen molar-refractivity contribution in [2.24, 2.45) is 0 Å². The molecular formula is C39H35Br2N7O2S. The molecule has 10 rings (SSSR count). The maximum Gasteiger partial charge on any atom is 0.175 e. The molecule has 4 aliphatic rings. The van der Waals surface area contributed by atoms with E-state index in [4.69, 9.17) is 15.0 Å². The van der Waals surface area contributed by atoms with Crippen LogP contribution in [0.3, 0.4) is 0 Å². The van der Waals surface area contributed by atoms with Gasteiger partial charge < -0.3 is 9.13 Å². The van der Waals surface area contributed by atoms with Crippen LogP contribution in [0.1, 0.15) is 79.8 Å². The molecule has 2 aliphatic carbocycles. The van der Waals surface area contributed by atoms with Crippen LogP contribution < -0.4 is 0 Å². The van der Waals surface area contributed by atoms with E-state index in [9.17, 15) is 8.42 Å². The van der Waals surface area contributed by atoms with Gasteiger partial charge in [-0.1, -0.05) is 24.3 Å². The van der Waals surface area contributed by atoms with E-state index in [0.717, 1.165) is 60.2 Å². The van der Waals surface area contributed by atoms with E-state index >= 15 is 0 Å². The Morgan fingerprint density at radius 1 is 0.686 bits per heavy atom. The Kier molecular flexibility index (Phi) is 8.12. The lowest BCUT2D eigenvalue weighted by Crippen LogP contribution is -2.08. The van der Waals surface area contributed by atoms with Gasteiger partial charge in [-0.2, -0.15) is 0 Å². The Labute approximate surface area is 313 Å². The number of benzene rings is 1. The summed E-state index contributed by atoms with van der Waals surface area (Å²) in [6, 6.07) is 24.1. The quantitative estimate of drug-likeness (QED) is 0.159. The molecule has 4 bridgehead atoms. The first-order valence-corrected chi connectivity index (χ1v) is 20.8. The molecule has 4 unspecified atom stereocenters. The van der Waals surface area contributed by atoms with Crippen LogP contribution in [0.25, 0.3) is 45.3 Å². The molecule has 4 atom stereocenters. The molecule has 6 aromatic rings. The fourth-order valence-electron chi connectivity index (χ4n) is 8.47. The number of aryl methyl sites for hydroxylation is 1. The summed E-state index contributed by atoms with van der Waals surface area (Å²) >= 11 is 7.13. The normalized spacial score (nSPS) is 21.0. The highest BCUT2D eigenvalue weighted by Gasteiger charge is 2.42. The van der Waals surface area contributed by atoms with Crippen LogP contribution in [0.2, 0.25) is 0 Å². The minimum absolute atomic E-state index is 0.305. The number of sulfone groups is 1. The van der Waals surface area contributed by atoms with Crippen LogP contribution in [0.5, 0.6) is 0 Å². The van der Waals surface area contributed by atoms with Crippen molar-refractivity contribution < 1.29 is 8.42 Å². The summed E-state index contributed by atoms with van der Waals surface area (Å²) in [5, 5.41) is 0. The van der Waals surface area contributed by atoms with Crippen molar-refractivity contribution in [2.75, 3.05) is 6.26 Å². The van der Waals surface area contributed by atoms with Gasteiger partial charge in [0.2, 0.25) is 0 Å². The second-order valence-corrected chi connectivity index (χ2v) is 17.7. The number of rotatable bonds is 5. The summed E-state index contributed by atoms with van der Waals surface area (Å²) < 4.78 is 30.4. The molecule has 0 spiro atoms. The molecular weight excluding hydrogens is 790 g/mol. The third-order valence-corrected chi connectivity index (χ3v) is 13.1. The van der Waals surface area contributed by atoms with E-state index in [1.54, 1.807) is 12.1 Å². The standard InChI is InChI=1S/C26H24N4O2S.C13H11Br2N3/c1-16-4-3-5-22(28-16)24-25(30-20-9-6-19(14-20)26(30)29-24)18-12-13-27-23(15-18)17-7-10-21(11-8-17)33(2,31)32;14-10-3-1-2-9(16-10)11-12(15)18-8-5-4-7(6-8)13(18)17-11/h3-5,7-8,10-13,15,19-20H,6,9,14H2,1-2H3;1-3,7-8H,4-6H2. The Balaban J connectivity index is 0.000000162. The average Bonchev–Trinajstić information content (AvgIpc) is 3.98. The number of hydrogen-bond donors (Lipinski definition) is 0. The van der Waals surface area contributed by atoms with Gasteiger partial charge >= 0.3 is 0 Å². The van der Waals surface area contributed by atoms with Crippen molar-refractivity contribution in [1.29, 1.82) is 0 Å². The van der Waals surface area contributed by atoms with Crippen molar-refractivity contribution in [1.82, 2.24) is 34.1 Å². The number of aromatic nitrogens is 7. The Hall–Kier alpha value is -4.00. The fourth-order valence-corrected chi connectivity index (χ4v) is 10.2. The van der Waals surface area contributed by atoms with Crippen LogP contribution in [0.4, 0.5) is 0 Å². The maximum atomic E-state index is 11.8. The highest BCUT2D eigenvalue weighted by Crippen LogP contribution is 2.53. The molecule has 2 saturated carbocycles. The molecule has 51 heavy (non-hydrogen) atoms.